The SMILES string of the molecule is Cc1cc(C)cc(N2C[C@H](C(=O)Nc3nc4ccccc4s3)CC2=O)c1. The summed E-state index contributed by atoms with van der Waals surface area (Å²) in [4.78, 5) is 31.2. The number of aromatic nitrogens is 1. The molecule has 0 unspecified atom stereocenters. The molecule has 1 aliphatic heterocycles. The van der Waals surface area contributed by atoms with Crippen LogP contribution in [0, 0.1) is 19.8 Å². The van der Waals surface area contributed by atoms with Crippen LogP contribution in [0.1, 0.15) is 17.5 Å². The fraction of sp³-hybridized carbons (Fsp3) is 0.250. The van der Waals surface area contributed by atoms with Crippen molar-refractivity contribution in [3.8, 4) is 0 Å². The number of fused-ring (bicyclic) bond motifs is 1. The molecular formula is C20H19N3O2S. The van der Waals surface area contributed by atoms with E-state index in [0.29, 0.717) is 11.7 Å². The number of amides is 2. The molecule has 2 aromatic carbocycles. The van der Waals surface area contributed by atoms with E-state index in [4.69, 9.17) is 0 Å². The molecule has 26 heavy (non-hydrogen) atoms. The second-order valence-corrected chi connectivity index (χ2v) is 7.76. The smallest absolute Gasteiger partial charge is 0.231 e. The number of aryl methyl sites for hydroxylation is 2. The van der Waals surface area contributed by atoms with Crippen LogP contribution in [0.25, 0.3) is 10.2 Å². The number of carbonyl (C=O) groups is 2. The van der Waals surface area contributed by atoms with Crippen LogP contribution in [0.4, 0.5) is 10.8 Å². The van der Waals surface area contributed by atoms with Crippen molar-refractivity contribution in [2.75, 3.05) is 16.8 Å². The molecule has 1 saturated heterocycles. The maximum absolute atomic E-state index is 12.6. The Bertz CT molecular complexity index is 958. The number of nitrogens with zero attached hydrogens (tertiary/aromatic N) is 2. The van der Waals surface area contributed by atoms with Gasteiger partial charge in [0.05, 0.1) is 16.1 Å². The van der Waals surface area contributed by atoms with E-state index in [1.807, 2.05) is 50.2 Å². The second kappa shape index (κ2) is 6.53. The lowest BCUT2D eigenvalue weighted by atomic mass is 10.1. The Morgan fingerprint density at radius 3 is 2.65 bits per heavy atom. The Balaban J connectivity index is 1.50. The van der Waals surface area contributed by atoms with Crippen molar-refractivity contribution in [1.82, 2.24) is 4.98 Å². The van der Waals surface area contributed by atoms with Gasteiger partial charge in [-0.3, -0.25) is 9.59 Å². The molecule has 2 heterocycles. The number of benzene rings is 2. The number of hydrogen-bond acceptors (Lipinski definition) is 4. The van der Waals surface area contributed by atoms with Crippen LogP contribution < -0.4 is 10.2 Å². The van der Waals surface area contributed by atoms with Crippen molar-refractivity contribution in [2.24, 2.45) is 5.92 Å². The third-order valence-corrected chi connectivity index (χ3v) is 5.49. The van der Waals surface area contributed by atoms with Gasteiger partial charge in [0.1, 0.15) is 0 Å². The monoisotopic (exact) mass is 365 g/mol. The third-order valence-electron chi connectivity index (χ3n) is 4.54. The fourth-order valence-electron chi connectivity index (χ4n) is 3.37. The van der Waals surface area contributed by atoms with Gasteiger partial charge in [-0.15, -0.1) is 0 Å². The molecule has 2 amide bonds. The molecule has 1 atom stereocenters. The first-order chi connectivity index (χ1) is 12.5. The topological polar surface area (TPSA) is 62.3 Å². The minimum absolute atomic E-state index is 0.0144. The van der Waals surface area contributed by atoms with Gasteiger partial charge in [-0.2, -0.15) is 0 Å². The van der Waals surface area contributed by atoms with Gasteiger partial charge in [0.2, 0.25) is 11.8 Å². The van der Waals surface area contributed by atoms with Crippen molar-refractivity contribution in [3.05, 3.63) is 53.6 Å². The van der Waals surface area contributed by atoms with Crippen LogP contribution in [-0.2, 0) is 9.59 Å². The number of rotatable bonds is 3. The minimum Gasteiger partial charge on any atom is -0.312 e. The third kappa shape index (κ3) is 3.20. The molecule has 1 fully saturated rings. The Morgan fingerprint density at radius 1 is 1.19 bits per heavy atom. The highest BCUT2D eigenvalue weighted by atomic mass is 32.1. The predicted octanol–water partition coefficient (Wildman–Crippen LogP) is 3.90. The molecular weight excluding hydrogens is 346 g/mol. The zero-order valence-electron chi connectivity index (χ0n) is 14.7. The number of para-hydroxylation sites is 1. The second-order valence-electron chi connectivity index (χ2n) is 6.73. The van der Waals surface area contributed by atoms with Gasteiger partial charge in [0, 0.05) is 18.7 Å². The van der Waals surface area contributed by atoms with Crippen LogP contribution in [0.5, 0.6) is 0 Å². The standard InChI is InChI=1S/C20H19N3O2S/c1-12-7-13(2)9-15(8-12)23-11-14(10-18(23)24)19(25)22-20-21-16-5-3-4-6-17(16)26-20/h3-9,14H,10-11H2,1-2H3,(H,21,22,25)/t14-/m1/s1. The first-order valence-corrected chi connectivity index (χ1v) is 9.36. The van der Waals surface area contributed by atoms with Crippen molar-refractivity contribution >= 4 is 44.2 Å². The maximum atomic E-state index is 12.6. The van der Waals surface area contributed by atoms with Crippen molar-refractivity contribution in [1.29, 1.82) is 0 Å². The highest BCUT2D eigenvalue weighted by Crippen LogP contribution is 2.29. The van der Waals surface area contributed by atoms with Crippen LogP contribution in [-0.4, -0.2) is 23.3 Å². The van der Waals surface area contributed by atoms with E-state index >= 15 is 0 Å². The number of nitrogens with one attached hydrogen (secondary N) is 1. The first kappa shape index (κ1) is 16.7. The van der Waals surface area contributed by atoms with Crippen LogP contribution in [0.15, 0.2) is 42.5 Å². The van der Waals surface area contributed by atoms with Gasteiger partial charge >= 0.3 is 0 Å². The molecule has 0 spiro atoms. The van der Waals surface area contributed by atoms with Crippen LogP contribution in [0.2, 0.25) is 0 Å². The van der Waals surface area contributed by atoms with Gasteiger partial charge < -0.3 is 10.2 Å². The van der Waals surface area contributed by atoms with Crippen molar-refractivity contribution < 1.29 is 9.59 Å². The first-order valence-electron chi connectivity index (χ1n) is 8.55. The highest BCUT2D eigenvalue weighted by Gasteiger charge is 2.35. The molecule has 5 nitrogen and oxygen atoms in total. The molecule has 0 aliphatic carbocycles. The number of carbonyl (C=O) groups excluding carboxylic acids is 2. The lowest BCUT2D eigenvalue weighted by Gasteiger charge is -2.18. The van der Waals surface area contributed by atoms with Gasteiger partial charge in [-0.05, 0) is 49.2 Å². The average molecular weight is 365 g/mol. The molecule has 1 aromatic heterocycles. The largest absolute Gasteiger partial charge is 0.312 e. The molecule has 0 radical (unpaired) electrons. The van der Waals surface area contributed by atoms with E-state index in [-0.39, 0.29) is 24.2 Å². The summed E-state index contributed by atoms with van der Waals surface area (Å²) in [6.45, 7) is 4.42. The molecule has 4 rings (SSSR count). The average Bonchev–Trinajstić information content (AvgIpc) is 3.16. The Labute approximate surface area is 155 Å². The summed E-state index contributed by atoms with van der Waals surface area (Å²) in [5, 5.41) is 3.46. The van der Waals surface area contributed by atoms with E-state index in [0.717, 1.165) is 27.0 Å². The molecule has 0 saturated carbocycles. The summed E-state index contributed by atoms with van der Waals surface area (Å²) in [7, 11) is 0. The predicted molar refractivity (Wildman–Crippen MR) is 105 cm³/mol. The summed E-state index contributed by atoms with van der Waals surface area (Å²) in [5.74, 6) is -0.529. The zero-order valence-corrected chi connectivity index (χ0v) is 15.5. The highest BCUT2D eigenvalue weighted by molar-refractivity contribution is 7.22. The van der Waals surface area contributed by atoms with Gasteiger partial charge in [-0.1, -0.05) is 29.5 Å². The summed E-state index contributed by atoms with van der Waals surface area (Å²) in [5.41, 5.74) is 3.94. The van der Waals surface area contributed by atoms with Gasteiger partial charge in [-0.25, -0.2) is 4.98 Å². The minimum atomic E-state index is -0.365. The summed E-state index contributed by atoms with van der Waals surface area (Å²) >= 11 is 1.44. The summed E-state index contributed by atoms with van der Waals surface area (Å²) in [6.07, 6.45) is 0.226. The fourth-order valence-corrected chi connectivity index (χ4v) is 4.24. The van der Waals surface area contributed by atoms with Gasteiger partial charge in [0.15, 0.2) is 5.13 Å². The zero-order chi connectivity index (χ0) is 18.3. The lowest BCUT2D eigenvalue weighted by Crippen LogP contribution is -2.28. The Morgan fingerprint density at radius 2 is 1.92 bits per heavy atom. The van der Waals surface area contributed by atoms with Crippen molar-refractivity contribution in [3.63, 3.8) is 0 Å². The van der Waals surface area contributed by atoms with Crippen LogP contribution >= 0.6 is 11.3 Å². The molecule has 132 valence electrons. The van der Waals surface area contributed by atoms with Crippen molar-refractivity contribution in [2.45, 2.75) is 20.3 Å². The van der Waals surface area contributed by atoms with Gasteiger partial charge in [0.25, 0.3) is 0 Å². The van der Waals surface area contributed by atoms with E-state index in [2.05, 4.69) is 16.4 Å². The number of anilines is 2. The van der Waals surface area contributed by atoms with E-state index in [1.54, 1.807) is 4.90 Å². The number of hydrogen-bond donors (Lipinski definition) is 1. The Hall–Kier alpha value is -2.73. The molecule has 0 bridgehead atoms. The van der Waals surface area contributed by atoms with E-state index in [1.165, 1.54) is 11.3 Å². The molecule has 3 aromatic rings. The Kier molecular flexibility index (Phi) is 4.20. The quantitative estimate of drug-likeness (QED) is 0.765. The molecule has 6 heteroatoms. The maximum Gasteiger partial charge on any atom is 0.231 e. The van der Waals surface area contributed by atoms with Crippen LogP contribution in [0.3, 0.4) is 0 Å². The molecule has 1 aliphatic rings. The lowest BCUT2D eigenvalue weighted by molar-refractivity contribution is -0.122. The normalized spacial score (nSPS) is 17.1. The number of thiazole rings is 1. The summed E-state index contributed by atoms with van der Waals surface area (Å²) in [6, 6.07) is 13.8. The van der Waals surface area contributed by atoms with E-state index < -0.39 is 0 Å². The molecule has 1 N–H and O–H groups in total. The summed E-state index contributed by atoms with van der Waals surface area (Å²) < 4.78 is 1.03. The van der Waals surface area contributed by atoms with E-state index in [9.17, 15) is 9.59 Å².